The molecule has 0 aromatic carbocycles. The van der Waals surface area contributed by atoms with E-state index < -0.39 is 0 Å². The second-order valence-electron chi connectivity index (χ2n) is 4.67. The zero-order valence-corrected chi connectivity index (χ0v) is 10.1. The molecule has 0 spiro atoms. The highest BCUT2D eigenvalue weighted by atomic mass is 15.0. The summed E-state index contributed by atoms with van der Waals surface area (Å²) in [5, 5.41) is 6.69. The molecule has 0 fully saturated rings. The number of hydrogen-bond acceptors (Lipinski definition) is 3. The maximum absolute atomic E-state index is 4.32. The molecule has 0 radical (unpaired) electrons. The van der Waals surface area contributed by atoms with Gasteiger partial charge in [0.05, 0.1) is 5.69 Å². The van der Waals surface area contributed by atoms with Crippen molar-refractivity contribution in [2.24, 2.45) is 0 Å². The quantitative estimate of drug-likeness (QED) is 0.796. The Morgan fingerprint density at radius 2 is 2.07 bits per heavy atom. The Morgan fingerprint density at radius 3 is 2.67 bits per heavy atom. The van der Waals surface area contributed by atoms with Crippen LogP contribution in [0.1, 0.15) is 33.4 Å². The third-order valence-corrected chi connectivity index (χ3v) is 2.00. The molecule has 0 saturated carbocycles. The van der Waals surface area contributed by atoms with E-state index in [1.807, 2.05) is 12.3 Å². The van der Waals surface area contributed by atoms with E-state index in [1.165, 1.54) is 0 Å². The minimum absolute atomic E-state index is 0.135. The van der Waals surface area contributed by atoms with Crippen molar-refractivity contribution in [3.63, 3.8) is 0 Å². The summed E-state index contributed by atoms with van der Waals surface area (Å²) in [6.45, 7) is 10.3. The van der Waals surface area contributed by atoms with Crippen molar-refractivity contribution in [3.8, 4) is 0 Å². The summed E-state index contributed by atoms with van der Waals surface area (Å²) in [7, 11) is 0. The van der Waals surface area contributed by atoms with Gasteiger partial charge in [0, 0.05) is 30.5 Å². The second-order valence-corrected chi connectivity index (χ2v) is 4.67. The van der Waals surface area contributed by atoms with Gasteiger partial charge in [0.15, 0.2) is 0 Å². The number of aromatic nitrogens is 1. The molecule has 0 saturated heterocycles. The van der Waals surface area contributed by atoms with E-state index >= 15 is 0 Å². The van der Waals surface area contributed by atoms with Crippen LogP contribution in [-0.4, -0.2) is 17.1 Å². The lowest BCUT2D eigenvalue weighted by molar-refractivity contribution is 0.421. The Balaban J connectivity index is 2.57. The molecule has 1 aromatic heterocycles. The summed E-state index contributed by atoms with van der Waals surface area (Å²) in [6.07, 6.45) is 1.84. The predicted molar refractivity (Wildman–Crippen MR) is 65.0 cm³/mol. The molecular formula is C12H21N3. The number of pyridine rings is 1. The van der Waals surface area contributed by atoms with Gasteiger partial charge >= 0.3 is 0 Å². The van der Waals surface area contributed by atoms with Crippen molar-refractivity contribution in [3.05, 3.63) is 24.0 Å². The first-order chi connectivity index (χ1) is 7.01. The van der Waals surface area contributed by atoms with E-state index in [0.717, 1.165) is 24.5 Å². The van der Waals surface area contributed by atoms with Gasteiger partial charge in [-0.1, -0.05) is 0 Å². The van der Waals surface area contributed by atoms with Crippen LogP contribution in [0.3, 0.4) is 0 Å². The van der Waals surface area contributed by atoms with E-state index in [-0.39, 0.29) is 5.54 Å². The topological polar surface area (TPSA) is 37.0 Å². The summed E-state index contributed by atoms with van der Waals surface area (Å²) in [5.41, 5.74) is 2.34. The predicted octanol–water partition coefficient (Wildman–Crippen LogP) is 2.40. The van der Waals surface area contributed by atoms with Crippen molar-refractivity contribution < 1.29 is 0 Å². The van der Waals surface area contributed by atoms with Crippen LogP contribution >= 0.6 is 0 Å². The van der Waals surface area contributed by atoms with E-state index in [0.29, 0.717) is 0 Å². The number of anilines is 1. The molecule has 84 valence electrons. The number of nitrogens with one attached hydrogen (secondary N) is 2. The van der Waals surface area contributed by atoms with Gasteiger partial charge in [-0.15, -0.1) is 0 Å². The maximum atomic E-state index is 4.32. The SMILES string of the molecule is CCNc1ccnc(CNC(C)(C)C)c1. The summed E-state index contributed by atoms with van der Waals surface area (Å²) < 4.78 is 0. The van der Waals surface area contributed by atoms with Crippen molar-refractivity contribution in [1.29, 1.82) is 0 Å². The Kier molecular flexibility index (Phi) is 4.09. The normalized spacial score (nSPS) is 11.5. The molecule has 3 nitrogen and oxygen atoms in total. The minimum Gasteiger partial charge on any atom is -0.385 e. The van der Waals surface area contributed by atoms with Crippen molar-refractivity contribution in [1.82, 2.24) is 10.3 Å². The van der Waals surface area contributed by atoms with E-state index in [2.05, 4.69) is 49.4 Å². The van der Waals surface area contributed by atoms with Gasteiger partial charge in [0.1, 0.15) is 0 Å². The molecule has 1 aromatic rings. The molecule has 0 bridgehead atoms. The van der Waals surface area contributed by atoms with Crippen LogP contribution < -0.4 is 10.6 Å². The van der Waals surface area contributed by atoms with Gasteiger partial charge < -0.3 is 10.6 Å². The van der Waals surface area contributed by atoms with Crippen LogP contribution in [0.2, 0.25) is 0 Å². The van der Waals surface area contributed by atoms with Gasteiger partial charge in [0.2, 0.25) is 0 Å². The molecule has 0 amide bonds. The second kappa shape index (κ2) is 5.12. The first-order valence-electron chi connectivity index (χ1n) is 5.45. The summed E-state index contributed by atoms with van der Waals surface area (Å²) in [5.74, 6) is 0. The van der Waals surface area contributed by atoms with E-state index in [1.54, 1.807) is 0 Å². The molecule has 0 atom stereocenters. The highest BCUT2D eigenvalue weighted by Crippen LogP contribution is 2.08. The number of nitrogens with zero attached hydrogens (tertiary/aromatic N) is 1. The molecule has 3 heteroatoms. The van der Waals surface area contributed by atoms with Gasteiger partial charge in [-0.3, -0.25) is 4.98 Å². The van der Waals surface area contributed by atoms with Gasteiger partial charge in [-0.2, -0.15) is 0 Å². The Morgan fingerprint density at radius 1 is 1.33 bits per heavy atom. The largest absolute Gasteiger partial charge is 0.385 e. The standard InChI is InChI=1S/C12H21N3/c1-5-13-10-6-7-14-11(8-10)9-15-12(2,3)4/h6-8,15H,5,9H2,1-4H3,(H,13,14). The Hall–Kier alpha value is -1.09. The third kappa shape index (κ3) is 4.79. The Labute approximate surface area is 92.3 Å². The minimum atomic E-state index is 0.135. The fraction of sp³-hybridized carbons (Fsp3) is 0.583. The highest BCUT2D eigenvalue weighted by molar-refractivity contribution is 5.42. The molecule has 0 aliphatic rings. The fourth-order valence-electron chi connectivity index (χ4n) is 1.24. The lowest BCUT2D eigenvalue weighted by Gasteiger charge is -2.20. The first kappa shape index (κ1) is 12.0. The zero-order valence-electron chi connectivity index (χ0n) is 10.1. The van der Waals surface area contributed by atoms with Crippen LogP contribution in [0.25, 0.3) is 0 Å². The summed E-state index contributed by atoms with van der Waals surface area (Å²) in [6, 6.07) is 4.08. The van der Waals surface area contributed by atoms with Gasteiger partial charge in [-0.25, -0.2) is 0 Å². The fourth-order valence-corrected chi connectivity index (χ4v) is 1.24. The van der Waals surface area contributed by atoms with E-state index in [9.17, 15) is 0 Å². The monoisotopic (exact) mass is 207 g/mol. The van der Waals surface area contributed by atoms with Crippen molar-refractivity contribution in [2.75, 3.05) is 11.9 Å². The average Bonchev–Trinajstić information content (AvgIpc) is 2.15. The van der Waals surface area contributed by atoms with E-state index in [4.69, 9.17) is 0 Å². The van der Waals surface area contributed by atoms with Gasteiger partial charge in [-0.05, 0) is 39.8 Å². The third-order valence-electron chi connectivity index (χ3n) is 2.00. The molecule has 15 heavy (non-hydrogen) atoms. The summed E-state index contributed by atoms with van der Waals surface area (Å²) >= 11 is 0. The lowest BCUT2D eigenvalue weighted by atomic mass is 10.1. The molecule has 0 unspecified atom stereocenters. The van der Waals surface area contributed by atoms with Crippen LogP contribution in [0.15, 0.2) is 18.3 Å². The highest BCUT2D eigenvalue weighted by Gasteiger charge is 2.08. The maximum Gasteiger partial charge on any atom is 0.0562 e. The zero-order chi connectivity index (χ0) is 11.3. The molecule has 2 N–H and O–H groups in total. The van der Waals surface area contributed by atoms with Crippen molar-refractivity contribution >= 4 is 5.69 Å². The number of hydrogen-bond donors (Lipinski definition) is 2. The van der Waals surface area contributed by atoms with Gasteiger partial charge in [0.25, 0.3) is 0 Å². The van der Waals surface area contributed by atoms with Crippen molar-refractivity contribution in [2.45, 2.75) is 39.8 Å². The number of rotatable bonds is 4. The lowest BCUT2D eigenvalue weighted by Crippen LogP contribution is -2.35. The average molecular weight is 207 g/mol. The van der Waals surface area contributed by atoms with Crippen LogP contribution in [0, 0.1) is 0 Å². The molecule has 0 aliphatic heterocycles. The molecule has 1 rings (SSSR count). The van der Waals surface area contributed by atoms with Crippen LogP contribution in [0.4, 0.5) is 5.69 Å². The Bertz CT molecular complexity index is 302. The molecule has 0 aliphatic carbocycles. The van der Waals surface area contributed by atoms with Crippen LogP contribution in [0.5, 0.6) is 0 Å². The molecular weight excluding hydrogens is 186 g/mol. The smallest absolute Gasteiger partial charge is 0.0562 e. The first-order valence-corrected chi connectivity index (χ1v) is 5.45. The molecule has 1 heterocycles. The van der Waals surface area contributed by atoms with Crippen LogP contribution in [-0.2, 0) is 6.54 Å². The summed E-state index contributed by atoms with van der Waals surface area (Å²) in [4.78, 5) is 4.32.